The van der Waals surface area contributed by atoms with Gasteiger partial charge in [0.15, 0.2) is 5.69 Å². The molecule has 2 aromatic rings. The van der Waals surface area contributed by atoms with Crippen LogP contribution in [-0.4, -0.2) is 36.4 Å². The summed E-state index contributed by atoms with van der Waals surface area (Å²) in [6.07, 6.45) is 1.77. The molecule has 0 amide bonds. The first-order valence-electron chi connectivity index (χ1n) is 6.43. The number of aromatic nitrogens is 2. The second kappa shape index (κ2) is 6.14. The molecule has 2 rings (SSSR count). The third-order valence-electron chi connectivity index (χ3n) is 2.89. The fourth-order valence-corrected chi connectivity index (χ4v) is 2.05. The average molecular weight is 271 g/mol. The summed E-state index contributed by atoms with van der Waals surface area (Å²) in [7, 11) is 1.88. The zero-order valence-electron chi connectivity index (χ0n) is 11.7. The van der Waals surface area contributed by atoms with Crippen molar-refractivity contribution < 1.29 is 9.53 Å². The number of hydrogen-bond donors (Lipinski definition) is 0. The number of carbonyl (C=O) groups excluding carboxylic acids is 1. The highest BCUT2D eigenvalue weighted by atomic mass is 16.5. The monoisotopic (exact) mass is 271 g/mol. The number of benzene rings is 1. The molecular formula is C15H17N3O2. The van der Waals surface area contributed by atoms with Gasteiger partial charge in [0.25, 0.3) is 0 Å². The van der Waals surface area contributed by atoms with E-state index in [2.05, 4.69) is 16.8 Å². The zero-order chi connectivity index (χ0) is 14.5. The highest BCUT2D eigenvalue weighted by Crippen LogP contribution is 2.27. The van der Waals surface area contributed by atoms with Crippen LogP contribution in [0.25, 0.3) is 10.9 Å². The summed E-state index contributed by atoms with van der Waals surface area (Å²) < 4.78 is 5.05. The van der Waals surface area contributed by atoms with Crippen LogP contribution in [0.4, 0.5) is 5.69 Å². The van der Waals surface area contributed by atoms with Gasteiger partial charge in [0, 0.05) is 19.0 Å². The molecule has 0 bridgehead atoms. The van der Waals surface area contributed by atoms with Crippen LogP contribution in [0.2, 0.25) is 0 Å². The van der Waals surface area contributed by atoms with Crippen LogP contribution in [0.15, 0.2) is 36.9 Å². The maximum absolute atomic E-state index is 12.0. The zero-order valence-corrected chi connectivity index (χ0v) is 11.7. The van der Waals surface area contributed by atoms with Gasteiger partial charge in [-0.25, -0.2) is 4.79 Å². The van der Waals surface area contributed by atoms with E-state index in [1.165, 1.54) is 0 Å². The van der Waals surface area contributed by atoms with Gasteiger partial charge >= 0.3 is 5.97 Å². The van der Waals surface area contributed by atoms with Gasteiger partial charge in [-0.3, -0.25) is 0 Å². The predicted octanol–water partition coefficient (Wildman–Crippen LogP) is 2.43. The van der Waals surface area contributed by atoms with Crippen molar-refractivity contribution in [2.45, 2.75) is 6.92 Å². The summed E-state index contributed by atoms with van der Waals surface area (Å²) in [5.41, 5.74) is 1.69. The van der Waals surface area contributed by atoms with E-state index in [1.807, 2.05) is 36.2 Å². The van der Waals surface area contributed by atoms with Gasteiger partial charge in [0.1, 0.15) is 0 Å². The lowest BCUT2D eigenvalue weighted by molar-refractivity contribution is 0.0519. The molecule has 1 aromatic carbocycles. The minimum absolute atomic E-state index is 0.231. The Balaban J connectivity index is 2.64. The molecule has 0 spiro atoms. The Morgan fingerprint density at radius 1 is 1.40 bits per heavy atom. The Hall–Kier alpha value is -2.43. The molecule has 0 aliphatic carbocycles. The second-order valence-electron chi connectivity index (χ2n) is 4.30. The lowest BCUT2D eigenvalue weighted by atomic mass is 10.1. The lowest BCUT2D eigenvalue weighted by Gasteiger charge is -2.21. The molecule has 5 nitrogen and oxygen atoms in total. The maximum atomic E-state index is 12.0. The van der Waals surface area contributed by atoms with Crippen LogP contribution in [0.5, 0.6) is 0 Å². The summed E-state index contributed by atoms with van der Waals surface area (Å²) in [4.78, 5) is 14.0. The van der Waals surface area contributed by atoms with E-state index >= 15 is 0 Å². The van der Waals surface area contributed by atoms with Crippen molar-refractivity contribution in [3.63, 3.8) is 0 Å². The Morgan fingerprint density at radius 3 is 2.85 bits per heavy atom. The number of nitrogens with zero attached hydrogens (tertiary/aromatic N) is 3. The van der Waals surface area contributed by atoms with Crippen molar-refractivity contribution in [3.05, 3.63) is 42.6 Å². The van der Waals surface area contributed by atoms with Gasteiger partial charge in [0.2, 0.25) is 0 Å². The molecule has 0 aliphatic heterocycles. The van der Waals surface area contributed by atoms with Gasteiger partial charge in [-0.1, -0.05) is 24.3 Å². The van der Waals surface area contributed by atoms with E-state index in [0.717, 1.165) is 10.9 Å². The van der Waals surface area contributed by atoms with Gasteiger partial charge in [-0.2, -0.15) is 0 Å². The summed E-state index contributed by atoms with van der Waals surface area (Å²) in [6, 6.07) is 7.58. The number of likely N-dealkylation sites (N-methyl/N-ethyl adjacent to an activating group) is 1. The first-order valence-corrected chi connectivity index (χ1v) is 6.43. The number of hydrogen-bond acceptors (Lipinski definition) is 5. The standard InChI is InChI=1S/C15H17N3O2/c1-4-10-18(3)14-11-8-6-7-9-12(11)16-17-13(14)15(19)20-5-2/h4,6-9H,1,5,10H2,2-3H3. The van der Waals surface area contributed by atoms with Gasteiger partial charge in [-0.15, -0.1) is 16.8 Å². The minimum Gasteiger partial charge on any atom is -0.461 e. The van der Waals surface area contributed by atoms with Crippen LogP contribution >= 0.6 is 0 Å². The van der Waals surface area contributed by atoms with Gasteiger partial charge in [0.05, 0.1) is 17.8 Å². The smallest absolute Gasteiger partial charge is 0.361 e. The Labute approximate surface area is 117 Å². The number of esters is 1. The lowest BCUT2D eigenvalue weighted by Crippen LogP contribution is -2.22. The predicted molar refractivity (Wildman–Crippen MR) is 79.0 cm³/mol. The number of ether oxygens (including phenoxy) is 1. The summed E-state index contributed by atoms with van der Waals surface area (Å²) >= 11 is 0. The minimum atomic E-state index is -0.461. The second-order valence-corrected chi connectivity index (χ2v) is 4.30. The number of rotatable bonds is 5. The number of fused-ring (bicyclic) bond motifs is 1. The molecule has 1 aromatic heterocycles. The molecule has 0 saturated heterocycles. The Bertz CT molecular complexity index is 640. The van der Waals surface area contributed by atoms with Crippen LogP contribution in [-0.2, 0) is 4.74 Å². The van der Waals surface area contributed by atoms with Crippen molar-refractivity contribution in [1.29, 1.82) is 0 Å². The third kappa shape index (κ3) is 2.61. The number of carbonyl (C=O) groups is 1. The van der Waals surface area contributed by atoms with Crippen molar-refractivity contribution in [2.75, 3.05) is 25.1 Å². The third-order valence-corrected chi connectivity index (χ3v) is 2.89. The summed E-state index contributed by atoms with van der Waals surface area (Å²) in [5, 5.41) is 8.98. The molecule has 0 atom stereocenters. The van der Waals surface area contributed by atoms with Crippen molar-refractivity contribution in [2.24, 2.45) is 0 Å². The maximum Gasteiger partial charge on any atom is 0.361 e. The van der Waals surface area contributed by atoms with Crippen molar-refractivity contribution in [3.8, 4) is 0 Å². The van der Waals surface area contributed by atoms with E-state index in [4.69, 9.17) is 4.74 Å². The van der Waals surface area contributed by atoms with E-state index in [-0.39, 0.29) is 5.69 Å². The summed E-state index contributed by atoms with van der Waals surface area (Å²) in [6.45, 7) is 6.39. The topological polar surface area (TPSA) is 55.3 Å². The summed E-state index contributed by atoms with van der Waals surface area (Å²) in [5.74, 6) is -0.461. The molecule has 0 saturated carbocycles. The first kappa shape index (κ1) is 14.0. The fraction of sp³-hybridized carbons (Fsp3) is 0.267. The molecule has 0 unspecified atom stereocenters. The van der Waals surface area contributed by atoms with E-state index < -0.39 is 5.97 Å². The molecular weight excluding hydrogens is 254 g/mol. The molecule has 0 radical (unpaired) electrons. The van der Waals surface area contributed by atoms with E-state index in [9.17, 15) is 4.79 Å². The molecule has 0 N–H and O–H groups in total. The average Bonchev–Trinajstić information content (AvgIpc) is 2.46. The molecule has 1 heterocycles. The van der Waals surface area contributed by atoms with Crippen LogP contribution < -0.4 is 4.90 Å². The first-order chi connectivity index (χ1) is 9.69. The molecule has 20 heavy (non-hydrogen) atoms. The van der Waals surface area contributed by atoms with E-state index in [0.29, 0.717) is 18.8 Å². The van der Waals surface area contributed by atoms with Crippen LogP contribution in [0.1, 0.15) is 17.4 Å². The fourth-order valence-electron chi connectivity index (χ4n) is 2.05. The SMILES string of the molecule is C=CCN(C)c1c(C(=O)OCC)nnc2ccccc12. The Kier molecular flexibility index (Phi) is 4.30. The van der Waals surface area contributed by atoms with Gasteiger partial charge in [-0.05, 0) is 13.0 Å². The van der Waals surface area contributed by atoms with Crippen LogP contribution in [0.3, 0.4) is 0 Å². The Morgan fingerprint density at radius 2 is 2.15 bits per heavy atom. The van der Waals surface area contributed by atoms with E-state index in [1.54, 1.807) is 13.0 Å². The molecule has 104 valence electrons. The highest BCUT2D eigenvalue weighted by molar-refractivity contribution is 6.03. The highest BCUT2D eigenvalue weighted by Gasteiger charge is 2.20. The quantitative estimate of drug-likeness (QED) is 0.617. The van der Waals surface area contributed by atoms with Crippen LogP contribution in [0, 0.1) is 0 Å². The largest absolute Gasteiger partial charge is 0.461 e. The molecule has 0 fully saturated rings. The van der Waals surface area contributed by atoms with Gasteiger partial charge < -0.3 is 9.64 Å². The van der Waals surface area contributed by atoms with Crippen molar-refractivity contribution in [1.82, 2.24) is 10.2 Å². The van der Waals surface area contributed by atoms with Crippen molar-refractivity contribution >= 4 is 22.6 Å². The molecule has 0 aliphatic rings. The normalized spacial score (nSPS) is 10.3. The number of anilines is 1. The molecule has 5 heteroatoms.